The van der Waals surface area contributed by atoms with Crippen LogP contribution in [0.1, 0.15) is 16.4 Å². The molecule has 0 aliphatic carbocycles. The molecule has 4 heterocycles. The lowest BCUT2D eigenvalue weighted by Crippen LogP contribution is -2.44. The highest BCUT2D eigenvalue weighted by atomic mass is 16.5. The van der Waals surface area contributed by atoms with Crippen molar-refractivity contribution in [2.75, 3.05) is 13.2 Å². The van der Waals surface area contributed by atoms with Gasteiger partial charge in [0.15, 0.2) is 0 Å². The van der Waals surface area contributed by atoms with Crippen molar-refractivity contribution >= 4 is 16.8 Å². The van der Waals surface area contributed by atoms with Gasteiger partial charge in [0.1, 0.15) is 6.04 Å². The number of rotatable bonds is 4. The van der Waals surface area contributed by atoms with E-state index in [-0.39, 0.29) is 17.5 Å². The van der Waals surface area contributed by atoms with Gasteiger partial charge in [-0.2, -0.15) is 5.10 Å². The van der Waals surface area contributed by atoms with Crippen LogP contribution in [0.3, 0.4) is 0 Å². The van der Waals surface area contributed by atoms with E-state index in [1.165, 1.54) is 10.7 Å². The van der Waals surface area contributed by atoms with Crippen LogP contribution < -0.4 is 10.9 Å². The van der Waals surface area contributed by atoms with E-state index in [1.807, 2.05) is 30.3 Å². The third kappa shape index (κ3) is 3.27. The summed E-state index contributed by atoms with van der Waals surface area (Å²) in [5, 5.41) is 8.41. The Balaban J connectivity index is 1.44. The highest BCUT2D eigenvalue weighted by molar-refractivity contribution is 6.06. The van der Waals surface area contributed by atoms with Gasteiger partial charge in [-0.05, 0) is 36.4 Å². The quantitative estimate of drug-likeness (QED) is 0.546. The molecule has 2 N–H and O–H groups in total. The Morgan fingerprint density at radius 2 is 1.97 bits per heavy atom. The maximum Gasteiger partial charge on any atom is 0.267 e. The van der Waals surface area contributed by atoms with Crippen LogP contribution in [0.4, 0.5) is 0 Å². The zero-order valence-electron chi connectivity index (χ0n) is 16.0. The Bertz CT molecular complexity index is 1260. The first-order valence-corrected chi connectivity index (χ1v) is 9.66. The predicted molar refractivity (Wildman–Crippen MR) is 111 cm³/mol. The molecule has 1 aliphatic heterocycles. The first-order chi connectivity index (χ1) is 14.7. The number of carbonyl (C=O) groups excluding carboxylic acids is 1. The van der Waals surface area contributed by atoms with Gasteiger partial charge in [0.2, 0.25) is 0 Å². The smallest absolute Gasteiger partial charge is 0.267 e. The van der Waals surface area contributed by atoms with Crippen molar-refractivity contribution in [3.05, 3.63) is 83.0 Å². The average molecular weight is 401 g/mol. The van der Waals surface area contributed by atoms with Crippen LogP contribution in [0.2, 0.25) is 0 Å². The maximum absolute atomic E-state index is 13.0. The molecule has 1 aliphatic rings. The van der Waals surface area contributed by atoms with Crippen molar-refractivity contribution in [1.29, 1.82) is 0 Å². The molecule has 0 spiro atoms. The van der Waals surface area contributed by atoms with Crippen molar-refractivity contribution in [2.24, 2.45) is 0 Å². The summed E-state index contributed by atoms with van der Waals surface area (Å²) in [5.41, 5.74) is 2.74. The third-order valence-corrected chi connectivity index (χ3v) is 5.32. The Hall–Kier alpha value is -3.78. The van der Waals surface area contributed by atoms with Crippen molar-refractivity contribution in [3.8, 4) is 11.3 Å². The Kier molecular flexibility index (Phi) is 4.61. The largest absolute Gasteiger partial charge is 0.377 e. The van der Waals surface area contributed by atoms with Crippen LogP contribution in [0, 0.1) is 0 Å². The number of aromatic nitrogens is 4. The topological polar surface area (TPSA) is 102 Å². The molecule has 0 radical (unpaired) electrons. The van der Waals surface area contributed by atoms with E-state index in [9.17, 15) is 9.59 Å². The van der Waals surface area contributed by atoms with Crippen molar-refractivity contribution in [3.63, 3.8) is 0 Å². The standard InChI is InChI=1S/C22H19N5O3/c28-21-5-4-17(14-6-9-23-10-7-14)26-27(21)20-13-30-12-19(20)25-22(29)16-2-1-3-18-15(16)8-11-24-18/h1-11,19-20,24H,12-13H2,(H,25,29). The van der Waals surface area contributed by atoms with E-state index in [2.05, 4.69) is 20.4 Å². The molecule has 3 aromatic heterocycles. The summed E-state index contributed by atoms with van der Waals surface area (Å²) >= 11 is 0. The number of benzene rings is 1. The highest BCUT2D eigenvalue weighted by Crippen LogP contribution is 2.22. The van der Waals surface area contributed by atoms with Gasteiger partial charge in [0.05, 0.1) is 24.9 Å². The summed E-state index contributed by atoms with van der Waals surface area (Å²) in [6.45, 7) is 0.610. The fourth-order valence-electron chi connectivity index (χ4n) is 3.79. The average Bonchev–Trinajstić information content (AvgIpc) is 3.44. The van der Waals surface area contributed by atoms with E-state index in [4.69, 9.17) is 4.74 Å². The van der Waals surface area contributed by atoms with Crippen LogP contribution in [0.5, 0.6) is 0 Å². The SMILES string of the molecule is O=C(NC1COCC1n1nc(-c2ccncc2)ccc1=O)c1cccc2[nH]ccc12. The number of amides is 1. The molecule has 150 valence electrons. The van der Waals surface area contributed by atoms with Gasteiger partial charge in [-0.15, -0.1) is 0 Å². The lowest BCUT2D eigenvalue weighted by molar-refractivity contribution is 0.0926. The number of pyridine rings is 1. The number of ether oxygens (including phenoxy) is 1. The second-order valence-electron chi connectivity index (χ2n) is 7.17. The number of fused-ring (bicyclic) bond motifs is 1. The summed E-state index contributed by atoms with van der Waals surface area (Å²) in [7, 11) is 0. The Morgan fingerprint density at radius 1 is 1.10 bits per heavy atom. The molecular formula is C22H19N5O3. The summed E-state index contributed by atoms with van der Waals surface area (Å²) in [6.07, 6.45) is 5.16. The zero-order valence-corrected chi connectivity index (χ0v) is 16.0. The molecule has 2 atom stereocenters. The minimum Gasteiger partial charge on any atom is -0.377 e. The second kappa shape index (κ2) is 7.57. The van der Waals surface area contributed by atoms with Crippen molar-refractivity contribution < 1.29 is 9.53 Å². The molecule has 8 heteroatoms. The molecule has 0 saturated carbocycles. The summed E-state index contributed by atoms with van der Waals surface area (Å²) < 4.78 is 7.01. The van der Waals surface area contributed by atoms with Crippen LogP contribution >= 0.6 is 0 Å². The van der Waals surface area contributed by atoms with E-state index < -0.39 is 6.04 Å². The number of aromatic amines is 1. The van der Waals surface area contributed by atoms with E-state index >= 15 is 0 Å². The third-order valence-electron chi connectivity index (χ3n) is 5.32. The Morgan fingerprint density at radius 3 is 2.83 bits per heavy atom. The number of hydrogen-bond acceptors (Lipinski definition) is 5. The maximum atomic E-state index is 13.0. The summed E-state index contributed by atoms with van der Waals surface area (Å²) in [5.74, 6) is -0.209. The predicted octanol–water partition coefficient (Wildman–Crippen LogP) is 2.16. The number of H-pyrrole nitrogens is 1. The van der Waals surface area contributed by atoms with Gasteiger partial charge in [0.25, 0.3) is 11.5 Å². The zero-order chi connectivity index (χ0) is 20.5. The lowest BCUT2D eigenvalue weighted by Gasteiger charge is -2.21. The van der Waals surface area contributed by atoms with Crippen LogP contribution in [-0.2, 0) is 4.74 Å². The molecule has 30 heavy (non-hydrogen) atoms. The van der Waals surface area contributed by atoms with E-state index in [0.29, 0.717) is 24.5 Å². The highest BCUT2D eigenvalue weighted by Gasteiger charge is 2.33. The van der Waals surface area contributed by atoms with Crippen LogP contribution in [0.25, 0.3) is 22.2 Å². The van der Waals surface area contributed by atoms with Crippen molar-refractivity contribution in [1.82, 2.24) is 25.1 Å². The van der Waals surface area contributed by atoms with Gasteiger partial charge >= 0.3 is 0 Å². The van der Waals surface area contributed by atoms with Crippen LogP contribution in [0.15, 0.2) is 71.9 Å². The van der Waals surface area contributed by atoms with Gasteiger partial charge in [-0.1, -0.05) is 6.07 Å². The normalized spacial score (nSPS) is 18.5. The van der Waals surface area contributed by atoms with Gasteiger partial charge in [-0.3, -0.25) is 14.6 Å². The molecule has 2 unspecified atom stereocenters. The monoisotopic (exact) mass is 401 g/mol. The first kappa shape index (κ1) is 18.3. The first-order valence-electron chi connectivity index (χ1n) is 9.66. The molecular weight excluding hydrogens is 382 g/mol. The molecule has 8 nitrogen and oxygen atoms in total. The molecule has 5 rings (SSSR count). The summed E-state index contributed by atoms with van der Waals surface area (Å²) in [4.78, 5) is 32.6. The summed E-state index contributed by atoms with van der Waals surface area (Å²) in [6, 6.07) is 13.5. The molecule has 1 aromatic carbocycles. The molecule has 1 fully saturated rings. The number of nitrogens with zero attached hydrogens (tertiary/aromatic N) is 3. The Labute approximate surface area is 171 Å². The minimum atomic E-state index is -0.395. The number of nitrogens with one attached hydrogen (secondary N) is 2. The van der Waals surface area contributed by atoms with Crippen LogP contribution in [-0.4, -0.2) is 44.9 Å². The number of hydrogen-bond donors (Lipinski definition) is 2. The molecule has 4 aromatic rings. The molecule has 0 bridgehead atoms. The van der Waals surface area contributed by atoms with E-state index in [1.54, 1.807) is 30.7 Å². The molecule has 1 amide bonds. The van der Waals surface area contributed by atoms with Gasteiger partial charge < -0.3 is 15.0 Å². The fourth-order valence-corrected chi connectivity index (χ4v) is 3.79. The van der Waals surface area contributed by atoms with E-state index in [0.717, 1.165) is 16.5 Å². The van der Waals surface area contributed by atoms with Gasteiger partial charge in [0, 0.05) is 46.7 Å². The fraction of sp³-hybridized carbons (Fsp3) is 0.182. The minimum absolute atomic E-state index is 0.209. The van der Waals surface area contributed by atoms with Gasteiger partial charge in [-0.25, -0.2) is 4.68 Å². The van der Waals surface area contributed by atoms with Crippen molar-refractivity contribution in [2.45, 2.75) is 12.1 Å². The second-order valence-corrected chi connectivity index (χ2v) is 7.17. The lowest BCUT2D eigenvalue weighted by atomic mass is 10.1. The molecule has 1 saturated heterocycles. The number of carbonyl (C=O) groups is 1.